The van der Waals surface area contributed by atoms with E-state index in [0.29, 0.717) is 42.5 Å². The molecule has 9 aromatic rings. The minimum atomic E-state index is -0.483. The van der Waals surface area contributed by atoms with Crippen LogP contribution in [0.15, 0.2) is 224 Å². The van der Waals surface area contributed by atoms with E-state index in [1.807, 2.05) is 62.7 Å². The van der Waals surface area contributed by atoms with Gasteiger partial charge in [0.25, 0.3) is 0 Å². The largest absolute Gasteiger partial charge is 0.373 e. The van der Waals surface area contributed by atoms with Gasteiger partial charge in [-0.15, -0.1) is 0 Å². The number of aryl methyl sites for hydroxylation is 3. The van der Waals surface area contributed by atoms with Gasteiger partial charge in [-0.1, -0.05) is 199 Å². The summed E-state index contributed by atoms with van der Waals surface area (Å²) in [5.74, 6) is -0.466. The Morgan fingerprint density at radius 1 is 0.544 bits per heavy atom. The molecule has 5 N–H and O–H groups in total. The van der Waals surface area contributed by atoms with Gasteiger partial charge >= 0.3 is 12.3 Å². The molecule has 0 fully saturated rings. The van der Waals surface area contributed by atoms with Gasteiger partial charge in [-0.3, -0.25) is 53.9 Å². The minimum absolute atomic E-state index is 0. The molecule has 0 saturated carbocycles. The van der Waals surface area contributed by atoms with Crippen molar-refractivity contribution in [2.24, 2.45) is 41.6 Å². The quantitative estimate of drug-likeness (QED) is 0.00900. The lowest BCUT2D eigenvalue weighted by molar-refractivity contribution is -0.193. The molecule has 25 heteroatoms. The summed E-state index contributed by atoms with van der Waals surface area (Å²) in [7, 11) is 10.9. The average Bonchev–Trinajstić information content (AvgIpc) is 1.58. The summed E-state index contributed by atoms with van der Waals surface area (Å²) in [6, 6.07) is 42.3. The number of ether oxygens (including phenoxy) is 4. The lowest BCUT2D eigenvalue weighted by atomic mass is 9.85. The van der Waals surface area contributed by atoms with Crippen molar-refractivity contribution < 1.29 is 63.5 Å². The normalized spacial score (nSPS) is 18.7. The van der Waals surface area contributed by atoms with E-state index < -0.39 is 12.6 Å². The second-order valence-corrected chi connectivity index (χ2v) is 39.1. The Labute approximate surface area is 799 Å². The highest BCUT2D eigenvalue weighted by molar-refractivity contribution is 6.30. The first-order chi connectivity index (χ1) is 64.9. The molecular weight excluding hydrogens is 1710 g/mol. The monoisotopic (exact) mass is 1830 g/mol. The summed E-state index contributed by atoms with van der Waals surface area (Å²) in [4.78, 5) is 141. The number of aliphatic imine (C=N–C) groups is 4. The van der Waals surface area contributed by atoms with Gasteiger partial charge in [0.1, 0.15) is 0 Å². The predicted molar refractivity (Wildman–Crippen MR) is 538 cm³/mol. The standard InChI is InChI=1S/C38H43N3O4.C34H34N4O.C19H20N2O.C17H24N2O3.CH3B.2CO2/c1-23-9-12-26(13-10-23)29-15-16-39-31(29)20-34-37(3,4)21-28(40-34)19-30(24(2)42)35(43)27-14-11-25(17-27)18-33-38(5,6)22-32(41-33)36(44-7)45-8;1-18-7-9-20(10-8-18)24-12-21-11-23-16-33(3,4)28(36-23)14-22-13-25-31(37-22)30(19(2)32(25)39)27-17-34(5,6)29(38-27)15-26(24)35-21;1-13-4-6-14(7-5-13)16-8-9-20-17(16)10-18-19(2,3)11-15(12-22)21-18;1-6-14(20)11-7-12(18-10-11)8-15-17(2,3)9-13(19-15)16(21-4)22-5;1-2;2*2-1-3/h9-10,12-20,36,39H,11,21-22H2,1-8H3;7-15,19,35,37H,16-17H2,1-6H3;4-10,12,20H,11H2,1-3H3;7-8,10,16,18H,6,9H2,1-5H3;1H3;;/b30-19+,33-18-,34-20-;;18-10-;15-8-;;;/i;;;;1T;;. The summed E-state index contributed by atoms with van der Waals surface area (Å²) in [6.07, 6.45) is 25.2. The van der Waals surface area contributed by atoms with Crippen LogP contribution >= 0.6 is 0 Å². The Balaban J connectivity index is 0.000000177. The number of H-pyrrole nitrogens is 5. The third-order valence-electron chi connectivity index (χ3n) is 25.5. The van der Waals surface area contributed by atoms with E-state index in [4.69, 9.17) is 59.4 Å². The zero-order valence-electron chi connectivity index (χ0n) is 83.1. The number of methoxy groups -OCH3 is 4. The Kier molecular flexibility index (Phi) is 32.4. The van der Waals surface area contributed by atoms with Crippen molar-refractivity contribution >= 4 is 113 Å². The molecular formula is C111H124BN11O13. The number of fused-ring (bicyclic) bond motifs is 8. The number of rotatable bonds is 20. The van der Waals surface area contributed by atoms with Crippen molar-refractivity contribution in [3.8, 4) is 33.4 Å². The van der Waals surface area contributed by atoms with E-state index in [1.54, 1.807) is 40.7 Å². The SMILES string of the molecule is CCC(=O)c1c[nH]c(/C=C2\N=C(C(OC)OC)CC2(C)C)c1.COC(OC)C1=N/C(=C\C2=CC(C(=O)/C(=C/C3=NC(=C\c4[nH]ccc4-c4ccc(C)cc4)/C(C)(C)C3)C(C)=O)=CC2)C(C)(C)C1.Cc1ccc(-c2cc3cc4nc(cc5cc6c([nH]5)c(c5nc(cc2[nH]3)C(C)(C)C5)C(C)C6=O)C(C)(C)C4)cc1.Cc1ccc(-c2cc[nH]c2/C=C2\N=C(C=O)CC2(C)C)cc1.O=C=O.O=C=O.[3H]C[B]. The maximum Gasteiger partial charge on any atom is 0.373 e. The van der Waals surface area contributed by atoms with Crippen LogP contribution in [0.5, 0.6) is 0 Å². The number of aldehydes is 1. The van der Waals surface area contributed by atoms with Crippen molar-refractivity contribution in [3.05, 3.63) is 277 Å². The third-order valence-corrected chi connectivity index (χ3v) is 25.5. The van der Waals surface area contributed by atoms with Crippen LogP contribution in [-0.2, 0) is 76.2 Å². The highest BCUT2D eigenvalue weighted by Crippen LogP contribution is 2.47. The van der Waals surface area contributed by atoms with E-state index in [0.717, 1.165) is 173 Å². The number of nitrogens with zero attached hydrogens (tertiary/aromatic N) is 6. The molecule has 704 valence electrons. The van der Waals surface area contributed by atoms with Crippen LogP contribution in [0, 0.1) is 42.4 Å². The number of carbonyl (C=O) groups excluding carboxylic acids is 9. The molecule has 8 bridgehead atoms. The molecule has 17 rings (SSSR count). The predicted octanol–water partition coefficient (Wildman–Crippen LogP) is 22.4. The van der Waals surface area contributed by atoms with Crippen molar-refractivity contribution in [1.29, 1.82) is 0 Å². The molecule has 8 aliphatic rings. The highest BCUT2D eigenvalue weighted by Gasteiger charge is 2.41. The van der Waals surface area contributed by atoms with E-state index in [-0.39, 0.29) is 86.2 Å². The number of aromatic amines is 5. The Bertz CT molecular complexity index is 6680. The topological polar surface area (TPSA) is 345 Å². The lowest BCUT2D eigenvalue weighted by Gasteiger charge is -2.19. The highest BCUT2D eigenvalue weighted by atomic mass is 16.7. The molecule has 0 spiro atoms. The van der Waals surface area contributed by atoms with E-state index >= 15 is 0 Å². The molecule has 1 atom stereocenters. The van der Waals surface area contributed by atoms with E-state index in [1.165, 1.54) is 34.7 Å². The molecule has 2 aliphatic carbocycles. The molecule has 6 aromatic heterocycles. The first-order valence-electron chi connectivity index (χ1n) is 46.2. The third kappa shape index (κ3) is 23.9. The fraction of sp³-hybridized carbons (Fsp3) is 0.360. The van der Waals surface area contributed by atoms with Crippen LogP contribution in [0.2, 0.25) is 6.80 Å². The zero-order chi connectivity index (χ0) is 100.0. The van der Waals surface area contributed by atoms with Crippen LogP contribution in [0.3, 0.4) is 0 Å². The second-order valence-electron chi connectivity index (χ2n) is 39.1. The Morgan fingerprint density at radius 2 is 1.00 bits per heavy atom. The molecule has 6 aliphatic heterocycles. The second kappa shape index (κ2) is 43.4. The van der Waals surface area contributed by atoms with Crippen LogP contribution < -0.4 is 0 Å². The van der Waals surface area contributed by atoms with Crippen LogP contribution in [0.25, 0.3) is 73.7 Å². The number of hydrogen-bond acceptors (Lipinski definition) is 19. The molecule has 0 amide bonds. The molecule has 136 heavy (non-hydrogen) atoms. The van der Waals surface area contributed by atoms with Gasteiger partial charge in [-0.25, -0.2) is 0 Å². The van der Waals surface area contributed by atoms with Crippen molar-refractivity contribution in [1.82, 2.24) is 34.9 Å². The maximum atomic E-state index is 13.7. The number of aromatic nitrogens is 7. The number of carbonyl (C=O) groups is 5. The summed E-state index contributed by atoms with van der Waals surface area (Å²) < 4.78 is 27.4. The van der Waals surface area contributed by atoms with Crippen LogP contribution in [-0.4, -0.2) is 148 Å². The fourth-order valence-electron chi connectivity index (χ4n) is 18.0. The van der Waals surface area contributed by atoms with Gasteiger partial charge < -0.3 is 43.9 Å². The smallest absolute Gasteiger partial charge is 0.361 e. The van der Waals surface area contributed by atoms with Gasteiger partial charge in [0.2, 0.25) is 0 Å². The number of benzene rings is 3. The number of nitrogens with one attached hydrogen (secondary N) is 5. The first kappa shape index (κ1) is 101. The first-order valence-corrected chi connectivity index (χ1v) is 45.5. The van der Waals surface area contributed by atoms with E-state index in [9.17, 15) is 24.0 Å². The minimum Gasteiger partial charge on any atom is -0.361 e. The average molecular weight is 1830 g/mol. The fourth-order valence-corrected chi connectivity index (χ4v) is 18.0. The Morgan fingerprint density at radius 3 is 1.49 bits per heavy atom. The summed E-state index contributed by atoms with van der Waals surface area (Å²) >= 11 is 0. The molecule has 1 unspecified atom stereocenters. The van der Waals surface area contributed by atoms with Crippen LogP contribution in [0.4, 0.5) is 0 Å². The summed E-state index contributed by atoms with van der Waals surface area (Å²) in [5, 5.41) is 0. The zero-order valence-corrected chi connectivity index (χ0v) is 82.1. The van der Waals surface area contributed by atoms with Crippen molar-refractivity contribution in [2.45, 2.75) is 212 Å². The van der Waals surface area contributed by atoms with Crippen molar-refractivity contribution in [3.63, 3.8) is 0 Å². The molecule has 12 heterocycles. The Hall–Kier alpha value is -13.5. The molecule has 0 saturated heterocycles. The maximum absolute atomic E-state index is 13.7. The van der Waals surface area contributed by atoms with Gasteiger partial charge in [0.05, 0.1) is 36.1 Å². The van der Waals surface area contributed by atoms with Crippen molar-refractivity contribution in [2.75, 3.05) is 28.4 Å². The number of ketones is 4. The van der Waals surface area contributed by atoms with Crippen LogP contribution in [0.1, 0.15) is 232 Å². The van der Waals surface area contributed by atoms with Gasteiger partial charge in [-0.05, 0) is 141 Å². The number of hydrogen-bond donors (Lipinski definition) is 5. The van der Waals surface area contributed by atoms with Gasteiger partial charge in [-0.2, -0.15) is 19.2 Å². The molecule has 3 aromatic carbocycles. The lowest BCUT2D eigenvalue weighted by Crippen LogP contribution is -2.25. The van der Waals surface area contributed by atoms with E-state index in [2.05, 4.69) is 268 Å². The number of Topliss-reactive ketones (excluding diaryl/α,β-unsaturated/α-hetero) is 4. The molecule has 2 radical (unpaired) electrons. The number of allylic oxidation sites excluding steroid dienone is 11. The molecule has 24 nitrogen and oxygen atoms in total. The van der Waals surface area contributed by atoms with Gasteiger partial charge in [0, 0.05) is 256 Å². The van der Waals surface area contributed by atoms with Gasteiger partial charge in [0.15, 0.2) is 42.0 Å². The summed E-state index contributed by atoms with van der Waals surface area (Å²) in [5.41, 5.74) is 31.5. The summed E-state index contributed by atoms with van der Waals surface area (Å²) in [6.45, 7) is 37.6.